The van der Waals surface area contributed by atoms with Gasteiger partial charge < -0.3 is 15.0 Å². The molecular weight excluding hydrogens is 588 g/mol. The van der Waals surface area contributed by atoms with E-state index >= 15 is 0 Å². The number of nitrogens with zero attached hydrogens (tertiary/aromatic N) is 2. The molecule has 1 aliphatic heterocycles. The van der Waals surface area contributed by atoms with Crippen LogP contribution in [0.1, 0.15) is 72.1 Å². The molecule has 9 nitrogen and oxygen atoms in total. The van der Waals surface area contributed by atoms with Gasteiger partial charge in [0.2, 0.25) is 0 Å². The predicted octanol–water partition coefficient (Wildman–Crippen LogP) is 7.23. The molecule has 0 aromatic heterocycles. The molecule has 0 spiro atoms. The molecule has 5 N–H and O–H groups in total. The Labute approximate surface area is 277 Å². The minimum Gasteiger partial charge on any atom is -0.444 e. The van der Waals surface area contributed by atoms with Crippen LogP contribution in [0.15, 0.2) is 97.1 Å². The Kier molecular flexibility index (Phi) is 10.4. The molecule has 1 aliphatic rings. The summed E-state index contributed by atoms with van der Waals surface area (Å²) in [6.07, 6.45) is 1.28. The van der Waals surface area contributed by atoms with E-state index in [4.69, 9.17) is 16.0 Å². The molecule has 1 saturated heterocycles. The Balaban J connectivity index is 1.38. The number of nitrogens with two attached hydrogens (primary N) is 1. The van der Waals surface area contributed by atoms with E-state index in [1.54, 1.807) is 11.0 Å². The number of carbonyl (C=O) groups is 2. The quantitative estimate of drug-likeness (QED) is 0.0703. The van der Waals surface area contributed by atoms with Gasteiger partial charge in [-0.2, -0.15) is 5.53 Å². The Hall–Kier alpha value is -4.99. The summed E-state index contributed by atoms with van der Waals surface area (Å²) >= 11 is 0. The zero-order valence-electron chi connectivity index (χ0n) is 27.5. The number of benzene rings is 4. The van der Waals surface area contributed by atoms with Gasteiger partial charge in [-0.15, -0.1) is 0 Å². The van der Waals surface area contributed by atoms with Crippen LogP contribution < -0.4 is 16.7 Å². The summed E-state index contributed by atoms with van der Waals surface area (Å²) < 4.78 is 5.55. The van der Waals surface area contributed by atoms with Crippen LogP contribution in [0.5, 0.6) is 0 Å². The van der Waals surface area contributed by atoms with E-state index in [1.807, 2.05) is 113 Å². The number of amidine groups is 1. The molecular formula is C38H44N6O3. The van der Waals surface area contributed by atoms with Gasteiger partial charge in [-0.1, -0.05) is 78.4 Å². The first-order valence-corrected chi connectivity index (χ1v) is 16.0. The van der Waals surface area contributed by atoms with Crippen molar-refractivity contribution < 1.29 is 14.3 Å². The molecule has 47 heavy (non-hydrogen) atoms. The van der Waals surface area contributed by atoms with Crippen molar-refractivity contribution in [2.75, 3.05) is 18.4 Å². The lowest BCUT2D eigenvalue weighted by molar-refractivity contribution is 0.0204. The van der Waals surface area contributed by atoms with Crippen LogP contribution >= 0.6 is 0 Å². The van der Waals surface area contributed by atoms with Crippen molar-refractivity contribution in [3.63, 3.8) is 0 Å². The molecule has 1 heterocycles. The molecule has 0 bridgehead atoms. The third-order valence-electron chi connectivity index (χ3n) is 8.25. The van der Waals surface area contributed by atoms with Gasteiger partial charge in [0.15, 0.2) is 0 Å². The Morgan fingerprint density at radius 1 is 0.915 bits per heavy atom. The number of hydrogen-bond donors (Lipinski definition) is 4. The van der Waals surface area contributed by atoms with Crippen molar-refractivity contribution in [2.45, 2.75) is 58.6 Å². The highest BCUT2D eigenvalue weighted by Gasteiger charge is 2.28. The predicted molar refractivity (Wildman–Crippen MR) is 187 cm³/mol. The number of likely N-dealkylation sites (tertiary alicyclic amines) is 1. The van der Waals surface area contributed by atoms with E-state index < -0.39 is 5.60 Å². The second-order valence-electron chi connectivity index (χ2n) is 13.0. The molecule has 2 amide bonds. The second kappa shape index (κ2) is 14.6. The molecule has 5 rings (SSSR count). The Bertz CT molecular complexity index is 1730. The molecule has 0 radical (unpaired) electrons. The van der Waals surface area contributed by atoms with Crippen molar-refractivity contribution in [3.8, 4) is 11.1 Å². The molecule has 4 aromatic carbocycles. The molecule has 0 aliphatic carbocycles. The van der Waals surface area contributed by atoms with Crippen molar-refractivity contribution in [1.82, 2.24) is 15.4 Å². The number of hydrogen-bond acceptors (Lipinski definition) is 6. The van der Waals surface area contributed by atoms with Crippen LogP contribution in [0.3, 0.4) is 0 Å². The van der Waals surface area contributed by atoms with Crippen molar-refractivity contribution in [3.05, 3.63) is 125 Å². The zero-order valence-corrected chi connectivity index (χ0v) is 27.5. The van der Waals surface area contributed by atoms with Crippen LogP contribution in [-0.2, 0) is 11.3 Å². The van der Waals surface area contributed by atoms with E-state index in [0.29, 0.717) is 36.4 Å². The normalized spacial score (nSPS) is 13.6. The highest BCUT2D eigenvalue weighted by atomic mass is 16.6. The summed E-state index contributed by atoms with van der Waals surface area (Å²) in [5.74, 6) is 5.96. The first-order chi connectivity index (χ1) is 22.5. The molecule has 9 heteroatoms. The minimum absolute atomic E-state index is 0.118. The van der Waals surface area contributed by atoms with Crippen molar-refractivity contribution >= 4 is 23.5 Å². The van der Waals surface area contributed by atoms with Crippen LogP contribution in [0.4, 0.5) is 10.5 Å². The Morgan fingerprint density at radius 2 is 1.62 bits per heavy atom. The van der Waals surface area contributed by atoms with Gasteiger partial charge >= 0.3 is 6.09 Å². The number of anilines is 1. The number of piperidine rings is 1. The average Bonchev–Trinajstić information content (AvgIpc) is 3.06. The largest absolute Gasteiger partial charge is 0.444 e. The number of nitrogens with one attached hydrogen (secondary N) is 3. The fourth-order valence-electron chi connectivity index (χ4n) is 5.81. The standard InChI is InChI=1S/C38H44N6O3/c1-26-10-8-13-29(22-26)31-16-17-33(35(39)44(42-40)25-27-11-6-5-7-12-27)34(24-31)41-36(45)32-15-9-14-30(23-32)28-18-20-43(21-19-28)37(46)47-38(2,3)4/h5-17,22-24,28,39,42H,18-21,25,40H2,1-4H3,(H,41,45). The van der Waals surface area contributed by atoms with E-state index in [0.717, 1.165) is 40.7 Å². The van der Waals surface area contributed by atoms with Gasteiger partial charge in [0, 0.05) is 24.2 Å². The van der Waals surface area contributed by atoms with E-state index in [9.17, 15) is 9.59 Å². The maximum absolute atomic E-state index is 13.8. The lowest BCUT2D eigenvalue weighted by Crippen LogP contribution is -2.46. The number of ether oxygens (including phenoxy) is 1. The highest BCUT2D eigenvalue weighted by Crippen LogP contribution is 2.31. The van der Waals surface area contributed by atoms with Gasteiger partial charge in [0.25, 0.3) is 5.91 Å². The number of aryl methyl sites for hydroxylation is 1. The summed E-state index contributed by atoms with van der Waals surface area (Å²) in [5.41, 5.74) is 8.75. The summed E-state index contributed by atoms with van der Waals surface area (Å²) in [6.45, 7) is 9.21. The summed E-state index contributed by atoms with van der Waals surface area (Å²) in [6, 6.07) is 31.3. The lowest BCUT2D eigenvalue weighted by Gasteiger charge is -2.33. The van der Waals surface area contributed by atoms with E-state index in [1.165, 1.54) is 5.01 Å². The fraction of sp³-hybridized carbons (Fsp3) is 0.289. The monoisotopic (exact) mass is 632 g/mol. The molecule has 0 saturated carbocycles. The van der Waals surface area contributed by atoms with Crippen molar-refractivity contribution in [2.24, 2.45) is 5.84 Å². The summed E-state index contributed by atoms with van der Waals surface area (Å²) in [4.78, 5) is 28.1. The van der Waals surface area contributed by atoms with Crippen LogP contribution in [-0.4, -0.2) is 46.4 Å². The number of hydrazine groups is 2. The second-order valence-corrected chi connectivity index (χ2v) is 13.0. The molecule has 1 fully saturated rings. The first-order valence-electron chi connectivity index (χ1n) is 16.0. The molecule has 0 unspecified atom stereocenters. The molecule has 0 atom stereocenters. The van der Waals surface area contributed by atoms with Gasteiger partial charge in [0.1, 0.15) is 11.4 Å². The van der Waals surface area contributed by atoms with Crippen LogP contribution in [0.2, 0.25) is 0 Å². The van der Waals surface area contributed by atoms with E-state index in [2.05, 4.69) is 16.9 Å². The smallest absolute Gasteiger partial charge is 0.410 e. The average molecular weight is 633 g/mol. The van der Waals surface area contributed by atoms with E-state index in [-0.39, 0.29) is 23.8 Å². The van der Waals surface area contributed by atoms with Crippen LogP contribution in [0.25, 0.3) is 11.1 Å². The van der Waals surface area contributed by atoms with Gasteiger partial charge in [-0.3, -0.25) is 21.1 Å². The summed E-state index contributed by atoms with van der Waals surface area (Å²) in [5, 5.41) is 13.7. The first kappa shape index (κ1) is 33.4. The summed E-state index contributed by atoms with van der Waals surface area (Å²) in [7, 11) is 0. The topological polar surface area (TPSA) is 124 Å². The van der Waals surface area contributed by atoms with Gasteiger partial charge in [-0.25, -0.2) is 4.79 Å². The van der Waals surface area contributed by atoms with Gasteiger partial charge in [-0.05, 0) is 93.0 Å². The zero-order chi connectivity index (χ0) is 33.6. The highest BCUT2D eigenvalue weighted by molar-refractivity contribution is 6.10. The Morgan fingerprint density at radius 3 is 2.30 bits per heavy atom. The van der Waals surface area contributed by atoms with Crippen LogP contribution in [0, 0.1) is 12.3 Å². The molecule has 244 valence electrons. The number of carbonyl (C=O) groups excluding carboxylic acids is 2. The maximum atomic E-state index is 13.8. The third kappa shape index (κ3) is 8.64. The SMILES string of the molecule is Cc1cccc(-c2ccc(C(=N)N(Cc3ccccc3)NN)c(NC(=O)c3cccc(C4CCN(C(=O)OC(C)(C)C)CC4)c3)c2)c1. The number of amides is 2. The molecule has 4 aromatic rings. The maximum Gasteiger partial charge on any atom is 0.410 e. The lowest BCUT2D eigenvalue weighted by atomic mass is 9.88. The minimum atomic E-state index is -0.533. The number of rotatable bonds is 8. The fourth-order valence-corrected chi connectivity index (χ4v) is 5.81. The third-order valence-corrected chi connectivity index (χ3v) is 8.25. The van der Waals surface area contributed by atoms with Crippen molar-refractivity contribution in [1.29, 1.82) is 5.41 Å². The van der Waals surface area contributed by atoms with Gasteiger partial charge in [0.05, 0.1) is 12.2 Å².